The smallest absolute Gasteiger partial charge is 0.312 e. The Bertz CT molecular complexity index is 701. The second-order valence-corrected chi connectivity index (χ2v) is 5.78. The van der Waals surface area contributed by atoms with Crippen molar-refractivity contribution < 1.29 is 9.53 Å². The number of ether oxygens (including phenoxy) is 1. The fourth-order valence-electron chi connectivity index (χ4n) is 2.20. The van der Waals surface area contributed by atoms with E-state index in [0.717, 1.165) is 22.5 Å². The predicted octanol–water partition coefficient (Wildman–Crippen LogP) is 5.32. The van der Waals surface area contributed by atoms with Gasteiger partial charge in [-0.05, 0) is 43.2 Å². The molecule has 0 bridgehead atoms. The van der Waals surface area contributed by atoms with Gasteiger partial charge >= 0.3 is 5.97 Å². The van der Waals surface area contributed by atoms with Crippen LogP contribution in [0.25, 0.3) is 0 Å². The van der Waals surface area contributed by atoms with Gasteiger partial charge < -0.3 is 10.1 Å². The molecule has 3 nitrogen and oxygen atoms in total. The number of hydrogen-bond donors (Lipinski definition) is 1. The second kappa shape index (κ2) is 7.03. The van der Waals surface area contributed by atoms with Gasteiger partial charge in [0.15, 0.2) is 0 Å². The van der Waals surface area contributed by atoms with Crippen molar-refractivity contribution in [3.05, 3.63) is 57.6 Å². The number of benzene rings is 2. The number of nitrogens with one attached hydrogen (secondary N) is 1. The topological polar surface area (TPSA) is 38.3 Å². The van der Waals surface area contributed by atoms with E-state index in [-0.39, 0.29) is 11.9 Å². The highest BCUT2D eigenvalue weighted by molar-refractivity contribution is 6.37. The zero-order valence-corrected chi connectivity index (χ0v) is 14.1. The zero-order valence-electron chi connectivity index (χ0n) is 12.6. The highest BCUT2D eigenvalue weighted by atomic mass is 35.5. The molecule has 2 aromatic rings. The number of carbonyl (C=O) groups excluding carboxylic acids is 1. The fraction of sp³-hybridized carbons (Fsp3) is 0.235. The number of rotatable bonds is 4. The molecule has 0 fully saturated rings. The molecule has 0 aliphatic carbocycles. The monoisotopic (exact) mass is 337 g/mol. The first-order valence-corrected chi connectivity index (χ1v) is 7.59. The number of anilines is 2. The third kappa shape index (κ3) is 3.37. The molecule has 0 spiro atoms. The molecular formula is C17H17Cl2NO2. The van der Waals surface area contributed by atoms with E-state index in [1.54, 1.807) is 13.0 Å². The SMILES string of the molecule is COC(=O)C(C)c1ccccc1Nc1ccc(Cl)c(C)c1Cl. The Morgan fingerprint density at radius 2 is 1.82 bits per heavy atom. The van der Waals surface area contributed by atoms with Crippen LogP contribution in [0.2, 0.25) is 10.0 Å². The number of carbonyl (C=O) groups is 1. The van der Waals surface area contributed by atoms with Crippen molar-refractivity contribution in [1.82, 2.24) is 0 Å². The molecule has 2 rings (SSSR count). The molecule has 1 atom stereocenters. The predicted molar refractivity (Wildman–Crippen MR) is 91.4 cm³/mol. The molecule has 5 heteroatoms. The summed E-state index contributed by atoms with van der Waals surface area (Å²) in [5.41, 5.74) is 3.21. The van der Waals surface area contributed by atoms with Gasteiger partial charge in [-0.15, -0.1) is 0 Å². The maximum atomic E-state index is 11.8. The summed E-state index contributed by atoms with van der Waals surface area (Å²) < 4.78 is 4.82. The third-order valence-corrected chi connectivity index (χ3v) is 4.47. The van der Waals surface area contributed by atoms with Crippen molar-refractivity contribution in [3.63, 3.8) is 0 Å². The van der Waals surface area contributed by atoms with Crippen LogP contribution in [0.3, 0.4) is 0 Å². The second-order valence-electron chi connectivity index (χ2n) is 4.99. The van der Waals surface area contributed by atoms with Crippen LogP contribution >= 0.6 is 23.2 Å². The van der Waals surface area contributed by atoms with Crippen LogP contribution in [0.5, 0.6) is 0 Å². The molecule has 0 aliphatic heterocycles. The molecule has 1 unspecified atom stereocenters. The van der Waals surface area contributed by atoms with Crippen molar-refractivity contribution in [2.45, 2.75) is 19.8 Å². The summed E-state index contributed by atoms with van der Waals surface area (Å²) in [5, 5.41) is 4.45. The normalized spacial score (nSPS) is 11.9. The quantitative estimate of drug-likeness (QED) is 0.767. The van der Waals surface area contributed by atoms with Gasteiger partial charge in [0.2, 0.25) is 0 Å². The summed E-state index contributed by atoms with van der Waals surface area (Å²) in [5.74, 6) is -0.659. The zero-order chi connectivity index (χ0) is 16.3. The summed E-state index contributed by atoms with van der Waals surface area (Å²) >= 11 is 12.4. The third-order valence-electron chi connectivity index (χ3n) is 3.57. The van der Waals surface area contributed by atoms with Crippen LogP contribution in [-0.2, 0) is 9.53 Å². The number of halogens is 2. The van der Waals surface area contributed by atoms with E-state index in [9.17, 15) is 4.79 Å². The van der Waals surface area contributed by atoms with E-state index in [1.807, 2.05) is 37.3 Å². The van der Waals surface area contributed by atoms with Gasteiger partial charge in [0.25, 0.3) is 0 Å². The number of esters is 1. The van der Waals surface area contributed by atoms with Crippen molar-refractivity contribution >= 4 is 40.5 Å². The summed E-state index contributed by atoms with van der Waals surface area (Å²) in [6.45, 7) is 3.67. The molecule has 0 aliphatic rings. The average molecular weight is 338 g/mol. The minimum Gasteiger partial charge on any atom is -0.469 e. The molecule has 0 amide bonds. The lowest BCUT2D eigenvalue weighted by Crippen LogP contribution is -2.12. The number of methoxy groups -OCH3 is 1. The molecule has 0 aromatic heterocycles. The molecule has 22 heavy (non-hydrogen) atoms. The number of hydrogen-bond acceptors (Lipinski definition) is 3. The van der Waals surface area contributed by atoms with Gasteiger partial charge in [-0.25, -0.2) is 0 Å². The molecule has 0 heterocycles. The van der Waals surface area contributed by atoms with Crippen LogP contribution in [0.4, 0.5) is 11.4 Å². The van der Waals surface area contributed by atoms with Crippen molar-refractivity contribution in [3.8, 4) is 0 Å². The molecule has 0 radical (unpaired) electrons. The van der Waals surface area contributed by atoms with Gasteiger partial charge in [-0.1, -0.05) is 41.4 Å². The Morgan fingerprint density at radius 1 is 1.14 bits per heavy atom. The van der Waals surface area contributed by atoms with E-state index in [2.05, 4.69) is 5.32 Å². The van der Waals surface area contributed by atoms with Gasteiger partial charge in [-0.3, -0.25) is 4.79 Å². The Morgan fingerprint density at radius 3 is 2.50 bits per heavy atom. The maximum absolute atomic E-state index is 11.8. The number of para-hydroxylation sites is 1. The fourth-order valence-corrected chi connectivity index (χ4v) is 2.61. The highest BCUT2D eigenvalue weighted by Gasteiger charge is 2.19. The van der Waals surface area contributed by atoms with Crippen molar-refractivity contribution in [2.75, 3.05) is 12.4 Å². The molecule has 1 N–H and O–H groups in total. The summed E-state index contributed by atoms with van der Waals surface area (Å²) in [6.07, 6.45) is 0. The summed E-state index contributed by atoms with van der Waals surface area (Å²) in [7, 11) is 1.38. The van der Waals surface area contributed by atoms with Crippen LogP contribution in [0, 0.1) is 6.92 Å². The van der Waals surface area contributed by atoms with E-state index in [4.69, 9.17) is 27.9 Å². The van der Waals surface area contributed by atoms with Crippen LogP contribution in [-0.4, -0.2) is 13.1 Å². The first kappa shape index (κ1) is 16.7. The van der Waals surface area contributed by atoms with E-state index in [0.29, 0.717) is 10.0 Å². The van der Waals surface area contributed by atoms with Crippen LogP contribution in [0.1, 0.15) is 24.0 Å². The molecule has 2 aromatic carbocycles. The highest BCUT2D eigenvalue weighted by Crippen LogP contribution is 2.35. The Hall–Kier alpha value is -1.71. The summed E-state index contributed by atoms with van der Waals surface area (Å²) in [6, 6.07) is 11.2. The largest absolute Gasteiger partial charge is 0.469 e. The Balaban J connectivity index is 2.39. The van der Waals surface area contributed by atoms with Gasteiger partial charge in [0.05, 0.1) is 23.7 Å². The van der Waals surface area contributed by atoms with E-state index < -0.39 is 0 Å². The van der Waals surface area contributed by atoms with Gasteiger partial charge in [0.1, 0.15) is 0 Å². The van der Waals surface area contributed by atoms with E-state index in [1.165, 1.54) is 7.11 Å². The van der Waals surface area contributed by atoms with E-state index >= 15 is 0 Å². The first-order chi connectivity index (χ1) is 10.5. The van der Waals surface area contributed by atoms with Gasteiger partial charge in [0, 0.05) is 10.7 Å². The summed E-state index contributed by atoms with van der Waals surface area (Å²) in [4.78, 5) is 11.8. The van der Waals surface area contributed by atoms with Gasteiger partial charge in [-0.2, -0.15) is 0 Å². The molecule has 0 saturated carbocycles. The lowest BCUT2D eigenvalue weighted by molar-refractivity contribution is -0.141. The van der Waals surface area contributed by atoms with Crippen molar-refractivity contribution in [1.29, 1.82) is 0 Å². The van der Waals surface area contributed by atoms with Crippen molar-refractivity contribution in [2.24, 2.45) is 0 Å². The standard InChI is InChI=1S/C17H17Cl2NO2/c1-10(17(21)22-3)12-6-4-5-7-14(12)20-15-9-8-13(18)11(2)16(15)19/h4-10,20H,1-3H3. The molecule has 116 valence electrons. The van der Waals surface area contributed by atoms with Crippen LogP contribution < -0.4 is 5.32 Å². The molecular weight excluding hydrogens is 321 g/mol. The lowest BCUT2D eigenvalue weighted by Gasteiger charge is -2.17. The first-order valence-electron chi connectivity index (χ1n) is 6.84. The molecule has 0 saturated heterocycles. The Kier molecular flexibility index (Phi) is 5.33. The minimum absolute atomic E-state index is 0.285. The average Bonchev–Trinajstić information content (AvgIpc) is 2.54. The maximum Gasteiger partial charge on any atom is 0.312 e. The minimum atomic E-state index is -0.374. The van der Waals surface area contributed by atoms with Crippen LogP contribution in [0.15, 0.2) is 36.4 Å². The lowest BCUT2D eigenvalue weighted by atomic mass is 9.99. The Labute approximate surface area is 140 Å².